The minimum absolute atomic E-state index is 0.0243. The van der Waals surface area contributed by atoms with E-state index >= 15 is 0 Å². The predicted molar refractivity (Wildman–Crippen MR) is 112 cm³/mol. The lowest BCUT2D eigenvalue weighted by Crippen LogP contribution is -2.10. The van der Waals surface area contributed by atoms with Crippen LogP contribution in [-0.2, 0) is 10.1 Å². The fourth-order valence-corrected chi connectivity index (χ4v) is 3.70. The van der Waals surface area contributed by atoms with Gasteiger partial charge >= 0.3 is 10.1 Å². The molecule has 0 saturated heterocycles. The van der Waals surface area contributed by atoms with E-state index < -0.39 is 10.1 Å². The van der Waals surface area contributed by atoms with Gasteiger partial charge < -0.3 is 4.18 Å². The van der Waals surface area contributed by atoms with Gasteiger partial charge in [0.2, 0.25) is 0 Å². The summed E-state index contributed by atoms with van der Waals surface area (Å²) in [5.74, 6) is 0.184. The van der Waals surface area contributed by atoms with Gasteiger partial charge in [0.25, 0.3) is 0 Å². The molecule has 3 aromatic rings. The van der Waals surface area contributed by atoms with E-state index in [-0.39, 0.29) is 10.6 Å². The maximum absolute atomic E-state index is 12.5. The molecular weight excluding hydrogens is 450 g/mol. The standard InChI is InChI=1S/C20H15BrClNO3S/c1-14-2-7-18(8-3-14)23-13-15-12-16(21)4-11-20(15)26-27(24,25)19-9-5-17(22)6-10-19/h2-13H,1H3. The van der Waals surface area contributed by atoms with Gasteiger partial charge in [0.15, 0.2) is 5.75 Å². The van der Waals surface area contributed by atoms with Gasteiger partial charge in [0.1, 0.15) is 4.90 Å². The van der Waals surface area contributed by atoms with Gasteiger partial charge in [-0.05, 0) is 61.5 Å². The summed E-state index contributed by atoms with van der Waals surface area (Å²) in [6.45, 7) is 2.00. The third kappa shape index (κ3) is 5.19. The van der Waals surface area contributed by atoms with E-state index in [2.05, 4.69) is 20.9 Å². The number of hydrogen-bond donors (Lipinski definition) is 0. The van der Waals surface area contributed by atoms with Crippen molar-refractivity contribution in [1.29, 1.82) is 0 Å². The van der Waals surface area contributed by atoms with Gasteiger partial charge in [0.05, 0.1) is 5.69 Å². The molecule has 0 aliphatic heterocycles. The van der Waals surface area contributed by atoms with Crippen LogP contribution in [0.25, 0.3) is 0 Å². The third-order valence-electron chi connectivity index (χ3n) is 3.66. The number of aryl methyl sites for hydroxylation is 1. The van der Waals surface area contributed by atoms with Crippen molar-refractivity contribution < 1.29 is 12.6 Å². The molecule has 0 atom stereocenters. The van der Waals surface area contributed by atoms with Crippen LogP contribution < -0.4 is 4.18 Å². The van der Waals surface area contributed by atoms with E-state index in [1.54, 1.807) is 24.4 Å². The molecular formula is C20H15BrClNO3S. The van der Waals surface area contributed by atoms with Crippen LogP contribution in [0.4, 0.5) is 5.69 Å². The number of benzene rings is 3. The first-order valence-electron chi connectivity index (χ1n) is 7.94. The Morgan fingerprint density at radius 2 is 1.67 bits per heavy atom. The Kier molecular flexibility index (Phi) is 5.99. The average Bonchev–Trinajstić information content (AvgIpc) is 2.63. The first kappa shape index (κ1) is 19.6. The van der Waals surface area contributed by atoms with Crippen LogP contribution in [0.2, 0.25) is 5.02 Å². The highest BCUT2D eigenvalue weighted by molar-refractivity contribution is 9.10. The van der Waals surface area contributed by atoms with E-state index in [4.69, 9.17) is 15.8 Å². The van der Waals surface area contributed by atoms with E-state index in [1.807, 2.05) is 31.2 Å². The predicted octanol–water partition coefficient (Wildman–Crippen LogP) is 5.93. The monoisotopic (exact) mass is 463 g/mol. The van der Waals surface area contributed by atoms with Gasteiger partial charge in [-0.3, -0.25) is 4.99 Å². The zero-order chi connectivity index (χ0) is 19.4. The summed E-state index contributed by atoms with van der Waals surface area (Å²) in [7, 11) is -3.99. The lowest BCUT2D eigenvalue weighted by Gasteiger charge is -2.10. The normalized spacial score (nSPS) is 11.7. The number of halogens is 2. The van der Waals surface area contributed by atoms with E-state index in [0.717, 1.165) is 15.7 Å². The highest BCUT2D eigenvalue weighted by Gasteiger charge is 2.18. The summed E-state index contributed by atoms with van der Waals surface area (Å²) in [6.07, 6.45) is 1.57. The molecule has 0 bridgehead atoms. The Hall–Kier alpha value is -2.15. The van der Waals surface area contributed by atoms with E-state index in [9.17, 15) is 8.42 Å². The minimum Gasteiger partial charge on any atom is -0.378 e. The van der Waals surface area contributed by atoms with Gasteiger partial charge in [-0.2, -0.15) is 8.42 Å². The van der Waals surface area contributed by atoms with Gasteiger partial charge in [-0.1, -0.05) is 45.2 Å². The van der Waals surface area contributed by atoms with Crippen molar-refractivity contribution >= 4 is 49.6 Å². The SMILES string of the molecule is Cc1ccc(N=Cc2cc(Br)ccc2OS(=O)(=O)c2ccc(Cl)cc2)cc1. The zero-order valence-corrected chi connectivity index (χ0v) is 17.4. The Bertz CT molecular complexity index is 1080. The summed E-state index contributed by atoms with van der Waals surface area (Å²) < 4.78 is 31.2. The first-order valence-corrected chi connectivity index (χ1v) is 10.5. The maximum Gasteiger partial charge on any atom is 0.339 e. The molecule has 0 aromatic heterocycles. The van der Waals surface area contributed by atoms with Crippen molar-refractivity contribution in [3.8, 4) is 5.75 Å². The summed E-state index contributed by atoms with van der Waals surface area (Å²) in [5.41, 5.74) is 2.42. The molecule has 4 nitrogen and oxygen atoms in total. The highest BCUT2D eigenvalue weighted by Crippen LogP contribution is 2.26. The van der Waals surface area contributed by atoms with Crippen LogP contribution in [0.15, 0.2) is 81.1 Å². The van der Waals surface area contributed by atoms with E-state index in [1.165, 1.54) is 24.3 Å². The molecule has 27 heavy (non-hydrogen) atoms. The first-order chi connectivity index (χ1) is 12.8. The summed E-state index contributed by atoms with van der Waals surface area (Å²) in [5, 5.41) is 0.448. The Balaban J connectivity index is 1.92. The second kappa shape index (κ2) is 8.25. The quantitative estimate of drug-likeness (QED) is 0.347. The van der Waals surface area contributed by atoms with Crippen molar-refractivity contribution in [2.45, 2.75) is 11.8 Å². The number of aliphatic imine (C=N–C) groups is 1. The molecule has 3 rings (SSSR count). The smallest absolute Gasteiger partial charge is 0.339 e. The molecule has 0 aliphatic rings. The molecule has 0 heterocycles. The number of rotatable bonds is 5. The minimum atomic E-state index is -3.99. The largest absolute Gasteiger partial charge is 0.378 e. The van der Waals surface area contributed by atoms with Gasteiger partial charge in [-0.25, -0.2) is 0 Å². The van der Waals surface area contributed by atoms with Crippen molar-refractivity contribution in [2.75, 3.05) is 0 Å². The summed E-state index contributed by atoms with van der Waals surface area (Å²) >= 11 is 9.20. The summed E-state index contributed by atoms with van der Waals surface area (Å²) in [6, 6.07) is 18.5. The Morgan fingerprint density at radius 1 is 1.00 bits per heavy atom. The van der Waals surface area contributed by atoms with E-state index in [0.29, 0.717) is 10.6 Å². The molecule has 3 aromatic carbocycles. The zero-order valence-electron chi connectivity index (χ0n) is 14.3. The average molecular weight is 465 g/mol. The highest BCUT2D eigenvalue weighted by atomic mass is 79.9. The molecule has 0 radical (unpaired) electrons. The number of hydrogen-bond acceptors (Lipinski definition) is 4. The Morgan fingerprint density at radius 3 is 2.33 bits per heavy atom. The van der Waals surface area contributed by atoms with Gasteiger partial charge in [0, 0.05) is 21.3 Å². The van der Waals surface area contributed by atoms with Crippen LogP contribution in [0.5, 0.6) is 5.75 Å². The van der Waals surface area contributed by atoms with Crippen molar-refractivity contribution in [3.63, 3.8) is 0 Å². The molecule has 0 saturated carbocycles. The lowest BCUT2D eigenvalue weighted by molar-refractivity contribution is 0.485. The van der Waals surface area contributed by atoms with Crippen LogP contribution in [-0.4, -0.2) is 14.6 Å². The fraction of sp³-hybridized carbons (Fsp3) is 0.0500. The molecule has 0 aliphatic carbocycles. The number of nitrogens with zero attached hydrogens (tertiary/aromatic N) is 1. The molecule has 7 heteroatoms. The van der Waals surface area contributed by atoms with Crippen LogP contribution in [0.3, 0.4) is 0 Å². The lowest BCUT2D eigenvalue weighted by atomic mass is 10.2. The fourth-order valence-electron chi connectivity index (χ4n) is 2.24. The molecule has 0 spiro atoms. The van der Waals surface area contributed by atoms with Crippen LogP contribution in [0, 0.1) is 6.92 Å². The second-order valence-corrected chi connectivity index (χ2v) is 8.67. The summed E-state index contributed by atoms with van der Waals surface area (Å²) in [4.78, 5) is 4.42. The topological polar surface area (TPSA) is 55.7 Å². The maximum atomic E-state index is 12.5. The van der Waals surface area contributed by atoms with Crippen LogP contribution in [0.1, 0.15) is 11.1 Å². The van der Waals surface area contributed by atoms with Gasteiger partial charge in [-0.15, -0.1) is 0 Å². The van der Waals surface area contributed by atoms with Crippen molar-refractivity contribution in [3.05, 3.63) is 87.4 Å². The Labute approximate surface area is 171 Å². The van der Waals surface area contributed by atoms with Crippen LogP contribution >= 0.6 is 27.5 Å². The molecule has 0 amide bonds. The van der Waals surface area contributed by atoms with Crippen molar-refractivity contribution in [1.82, 2.24) is 0 Å². The third-order valence-corrected chi connectivity index (χ3v) is 5.65. The molecule has 0 unspecified atom stereocenters. The second-order valence-electron chi connectivity index (χ2n) is 5.77. The molecule has 0 fully saturated rings. The van der Waals surface area contributed by atoms with Crippen molar-refractivity contribution in [2.24, 2.45) is 4.99 Å². The molecule has 0 N–H and O–H groups in total. The molecule has 138 valence electrons.